The third kappa shape index (κ3) is 4.93. The van der Waals surface area contributed by atoms with Crippen LogP contribution in [-0.2, 0) is 16.6 Å². The van der Waals surface area contributed by atoms with E-state index < -0.39 is 23.4 Å². The van der Waals surface area contributed by atoms with Crippen molar-refractivity contribution in [2.24, 2.45) is 5.92 Å². The Labute approximate surface area is 193 Å². The molecule has 1 amide bonds. The summed E-state index contributed by atoms with van der Waals surface area (Å²) in [5.41, 5.74) is -1.52. The smallest absolute Gasteiger partial charge is 0.386 e. The number of alkyl halides is 3. The number of aliphatic hydroxyl groups is 1. The Morgan fingerprint density at radius 1 is 1.15 bits per heavy atom. The molecule has 1 aliphatic carbocycles. The number of carbonyl (C=O) groups is 2. The van der Waals surface area contributed by atoms with E-state index in [0.29, 0.717) is 17.3 Å². The van der Waals surface area contributed by atoms with Crippen molar-refractivity contribution in [2.45, 2.75) is 57.3 Å². The second kappa shape index (κ2) is 8.79. The largest absolute Gasteiger partial charge is 0.434 e. The molecule has 0 aliphatic heterocycles. The van der Waals surface area contributed by atoms with Crippen LogP contribution in [0.25, 0.3) is 10.9 Å². The molecule has 0 saturated heterocycles. The van der Waals surface area contributed by atoms with Gasteiger partial charge in [0.2, 0.25) is 0 Å². The number of halogens is 3. The average Bonchev–Trinajstić information content (AvgIpc) is 3.20. The van der Waals surface area contributed by atoms with Crippen LogP contribution < -0.4 is 5.32 Å². The quantitative estimate of drug-likeness (QED) is 0.534. The zero-order chi connectivity index (χ0) is 24.7. The molecular formula is C23H24F3N5O3. The van der Waals surface area contributed by atoms with Crippen LogP contribution in [0.3, 0.4) is 0 Å². The first-order valence-corrected chi connectivity index (χ1v) is 10.9. The Morgan fingerprint density at radius 3 is 2.41 bits per heavy atom. The fourth-order valence-corrected chi connectivity index (χ4v) is 4.17. The molecule has 1 fully saturated rings. The van der Waals surface area contributed by atoms with E-state index in [2.05, 4.69) is 20.4 Å². The van der Waals surface area contributed by atoms with Crippen LogP contribution in [0, 0.1) is 5.92 Å². The Hall–Kier alpha value is -3.34. The first-order valence-electron chi connectivity index (χ1n) is 10.9. The summed E-state index contributed by atoms with van der Waals surface area (Å²) in [6, 6.07) is 3.49. The number of fused-ring (bicyclic) bond motifs is 1. The van der Waals surface area contributed by atoms with Crippen LogP contribution in [0.4, 0.5) is 18.9 Å². The molecule has 11 heteroatoms. The van der Waals surface area contributed by atoms with Crippen molar-refractivity contribution in [2.75, 3.05) is 5.32 Å². The summed E-state index contributed by atoms with van der Waals surface area (Å²) >= 11 is 0. The highest BCUT2D eigenvalue weighted by Crippen LogP contribution is 2.35. The molecule has 34 heavy (non-hydrogen) atoms. The van der Waals surface area contributed by atoms with Gasteiger partial charge in [0, 0.05) is 28.8 Å². The summed E-state index contributed by atoms with van der Waals surface area (Å²) in [6.07, 6.45) is 2.70. The SMILES string of the molecule is CC(C)(O)c1cc2nn(C3CCC(C=O)CC3)cc2cc1NC(=O)c1cnc(C(F)(F)F)cn1. The van der Waals surface area contributed by atoms with Crippen LogP contribution >= 0.6 is 0 Å². The zero-order valence-electron chi connectivity index (χ0n) is 18.6. The molecule has 2 N–H and O–H groups in total. The Balaban J connectivity index is 1.63. The van der Waals surface area contributed by atoms with Crippen LogP contribution in [0.15, 0.2) is 30.7 Å². The van der Waals surface area contributed by atoms with Gasteiger partial charge in [0.25, 0.3) is 5.91 Å². The lowest BCUT2D eigenvalue weighted by Gasteiger charge is -2.25. The maximum Gasteiger partial charge on any atom is 0.434 e. The number of aldehydes is 1. The van der Waals surface area contributed by atoms with Crippen molar-refractivity contribution in [1.29, 1.82) is 0 Å². The topological polar surface area (TPSA) is 110 Å². The maximum atomic E-state index is 12.7. The average molecular weight is 475 g/mol. The number of carbonyl (C=O) groups excluding carboxylic acids is 2. The Bertz CT molecular complexity index is 1210. The molecule has 180 valence electrons. The summed E-state index contributed by atoms with van der Waals surface area (Å²) in [5, 5.41) is 18.7. The fourth-order valence-electron chi connectivity index (χ4n) is 4.17. The van der Waals surface area contributed by atoms with Gasteiger partial charge in [-0.25, -0.2) is 9.97 Å². The normalized spacial score (nSPS) is 19.2. The van der Waals surface area contributed by atoms with Crippen molar-refractivity contribution in [3.05, 3.63) is 47.7 Å². The number of nitrogens with one attached hydrogen (secondary N) is 1. The fraction of sp³-hybridized carbons (Fsp3) is 0.435. The molecule has 8 nitrogen and oxygen atoms in total. The second-order valence-corrected chi connectivity index (χ2v) is 9.07. The second-order valence-electron chi connectivity index (χ2n) is 9.07. The number of amides is 1. The maximum absolute atomic E-state index is 12.7. The molecule has 3 aromatic rings. The summed E-state index contributed by atoms with van der Waals surface area (Å²) in [4.78, 5) is 30.5. The van der Waals surface area contributed by atoms with Crippen molar-refractivity contribution in [3.63, 3.8) is 0 Å². The van der Waals surface area contributed by atoms with E-state index in [1.54, 1.807) is 26.0 Å². The molecule has 0 bridgehead atoms. The molecule has 1 aromatic carbocycles. The minimum absolute atomic E-state index is 0.0816. The van der Waals surface area contributed by atoms with Crippen molar-refractivity contribution in [3.8, 4) is 0 Å². The molecule has 1 saturated carbocycles. The lowest BCUT2D eigenvalue weighted by atomic mass is 9.87. The number of rotatable bonds is 5. The molecule has 0 atom stereocenters. The first kappa shape index (κ1) is 23.8. The van der Waals surface area contributed by atoms with Gasteiger partial charge < -0.3 is 15.2 Å². The first-order chi connectivity index (χ1) is 16.0. The molecule has 2 heterocycles. The predicted molar refractivity (Wildman–Crippen MR) is 117 cm³/mol. The minimum atomic E-state index is -4.66. The van der Waals surface area contributed by atoms with E-state index in [1.807, 2.05) is 10.9 Å². The number of benzene rings is 1. The lowest BCUT2D eigenvalue weighted by molar-refractivity contribution is -0.141. The monoisotopic (exact) mass is 475 g/mol. The molecule has 4 rings (SSSR count). The van der Waals surface area contributed by atoms with Crippen LogP contribution in [0.2, 0.25) is 0 Å². The summed E-state index contributed by atoms with van der Waals surface area (Å²) in [5.74, 6) is -0.677. The van der Waals surface area contributed by atoms with Gasteiger partial charge in [-0.2, -0.15) is 18.3 Å². The highest BCUT2D eigenvalue weighted by Gasteiger charge is 2.33. The van der Waals surface area contributed by atoms with Gasteiger partial charge in [-0.1, -0.05) is 0 Å². The molecule has 1 aliphatic rings. The highest BCUT2D eigenvalue weighted by molar-refractivity contribution is 6.04. The van der Waals surface area contributed by atoms with E-state index in [1.165, 1.54) is 0 Å². The number of anilines is 1. The summed E-state index contributed by atoms with van der Waals surface area (Å²) < 4.78 is 40.0. The standard InChI is InChI=1S/C23H24F3N5O3/c1-22(2,34)16-8-17-14(11-31(30-17)15-5-3-13(12-32)4-6-15)7-18(16)29-21(33)19-9-28-20(10-27-19)23(24,25)26/h7-13,15,34H,3-6H2,1-2H3,(H,29,33). The number of nitrogens with zero attached hydrogens (tertiary/aromatic N) is 4. The van der Waals surface area contributed by atoms with Gasteiger partial charge in [-0.3, -0.25) is 9.48 Å². The lowest BCUT2D eigenvalue weighted by Crippen LogP contribution is -2.22. The molecule has 2 aromatic heterocycles. The predicted octanol–water partition coefficient (Wildman–Crippen LogP) is 4.26. The van der Waals surface area contributed by atoms with Crippen LogP contribution in [0.5, 0.6) is 0 Å². The van der Waals surface area contributed by atoms with Gasteiger partial charge in [0.05, 0.1) is 29.6 Å². The summed E-state index contributed by atoms with van der Waals surface area (Å²) in [6.45, 7) is 3.11. The third-order valence-corrected chi connectivity index (χ3v) is 6.05. The molecule has 0 unspecified atom stereocenters. The molecule has 0 spiro atoms. The van der Waals surface area contributed by atoms with E-state index in [9.17, 15) is 27.9 Å². The third-order valence-electron chi connectivity index (χ3n) is 6.05. The van der Waals surface area contributed by atoms with Crippen LogP contribution in [-0.4, -0.2) is 37.0 Å². The van der Waals surface area contributed by atoms with Crippen molar-refractivity contribution >= 4 is 28.8 Å². The van der Waals surface area contributed by atoms with E-state index in [0.717, 1.165) is 43.6 Å². The van der Waals surface area contributed by atoms with E-state index >= 15 is 0 Å². The molecule has 0 radical (unpaired) electrons. The number of hydrogen-bond acceptors (Lipinski definition) is 6. The van der Waals surface area contributed by atoms with Gasteiger partial charge in [0.15, 0.2) is 5.69 Å². The summed E-state index contributed by atoms with van der Waals surface area (Å²) in [7, 11) is 0. The number of hydrogen-bond donors (Lipinski definition) is 2. The molecular weight excluding hydrogens is 451 g/mol. The zero-order valence-corrected chi connectivity index (χ0v) is 18.6. The van der Waals surface area contributed by atoms with Gasteiger partial charge in [0.1, 0.15) is 12.0 Å². The van der Waals surface area contributed by atoms with E-state index in [4.69, 9.17) is 0 Å². The van der Waals surface area contributed by atoms with Gasteiger partial charge in [-0.05, 0) is 51.7 Å². The Morgan fingerprint density at radius 2 is 1.85 bits per heavy atom. The van der Waals surface area contributed by atoms with Gasteiger partial charge >= 0.3 is 6.18 Å². The highest BCUT2D eigenvalue weighted by atomic mass is 19.4. The van der Waals surface area contributed by atoms with Crippen LogP contribution in [0.1, 0.15) is 67.3 Å². The van der Waals surface area contributed by atoms with Gasteiger partial charge in [-0.15, -0.1) is 0 Å². The minimum Gasteiger partial charge on any atom is -0.386 e. The number of aromatic nitrogens is 4. The van der Waals surface area contributed by atoms with E-state index in [-0.39, 0.29) is 23.3 Å². The van der Waals surface area contributed by atoms with Crippen molar-refractivity contribution < 1.29 is 27.9 Å². The Kier molecular flexibility index (Phi) is 6.15. The van der Waals surface area contributed by atoms with Crippen molar-refractivity contribution in [1.82, 2.24) is 19.7 Å².